The zero-order chi connectivity index (χ0) is 14.5. The number of benzene rings is 1. The largest absolute Gasteiger partial charge is 0.336 e. The number of rotatable bonds is 4. The maximum atomic E-state index is 12.7. The first-order valence-corrected chi connectivity index (χ1v) is 8.27. The number of piperazine rings is 1. The Kier molecular flexibility index (Phi) is 5.49. The average Bonchev–Trinajstić information content (AvgIpc) is 2.46. The van der Waals surface area contributed by atoms with Crippen molar-refractivity contribution in [2.45, 2.75) is 30.9 Å². The summed E-state index contributed by atoms with van der Waals surface area (Å²) in [4.78, 5) is 18.2. The van der Waals surface area contributed by atoms with E-state index in [9.17, 15) is 4.79 Å². The van der Waals surface area contributed by atoms with Crippen molar-refractivity contribution >= 4 is 17.7 Å². The first kappa shape index (κ1) is 15.4. The molecule has 1 aliphatic heterocycles. The highest BCUT2D eigenvalue weighted by molar-refractivity contribution is 8.00. The van der Waals surface area contributed by atoms with Gasteiger partial charge in [0.2, 0.25) is 0 Å². The highest BCUT2D eigenvalue weighted by Gasteiger charge is 2.23. The first-order valence-electron chi connectivity index (χ1n) is 7.39. The van der Waals surface area contributed by atoms with E-state index in [1.54, 1.807) is 11.8 Å². The third kappa shape index (κ3) is 3.76. The third-order valence-electron chi connectivity index (χ3n) is 3.59. The molecule has 3 nitrogen and oxygen atoms in total. The molecule has 0 saturated carbocycles. The van der Waals surface area contributed by atoms with Crippen LogP contribution in [0.4, 0.5) is 0 Å². The highest BCUT2D eigenvalue weighted by Crippen LogP contribution is 2.27. The summed E-state index contributed by atoms with van der Waals surface area (Å²) in [7, 11) is 0. The standard InChI is InChI=1S/C16H24N2OS/c1-4-17-9-11-18(12-10-17)16(19)14-7-5-6-8-15(14)20-13(2)3/h5-8,13H,4,9-12H2,1-3H3. The molecule has 1 aromatic carbocycles. The van der Waals surface area contributed by atoms with Crippen molar-refractivity contribution in [3.05, 3.63) is 29.8 Å². The Hall–Kier alpha value is -1.00. The van der Waals surface area contributed by atoms with Crippen LogP contribution in [-0.4, -0.2) is 53.7 Å². The molecule has 0 bridgehead atoms. The number of amides is 1. The Bertz CT molecular complexity index is 454. The predicted octanol–water partition coefficient (Wildman–Crippen LogP) is 2.96. The van der Waals surface area contributed by atoms with Gasteiger partial charge in [-0.05, 0) is 18.7 Å². The number of carbonyl (C=O) groups is 1. The van der Waals surface area contributed by atoms with Gasteiger partial charge in [-0.15, -0.1) is 11.8 Å². The van der Waals surface area contributed by atoms with Gasteiger partial charge in [0.1, 0.15) is 0 Å². The van der Waals surface area contributed by atoms with Crippen LogP contribution in [0.1, 0.15) is 31.1 Å². The Labute approximate surface area is 126 Å². The van der Waals surface area contributed by atoms with Crippen LogP contribution in [0.2, 0.25) is 0 Å². The van der Waals surface area contributed by atoms with Crippen molar-refractivity contribution in [3.8, 4) is 0 Å². The fraction of sp³-hybridized carbons (Fsp3) is 0.562. The number of carbonyl (C=O) groups excluding carboxylic acids is 1. The molecule has 1 aromatic rings. The quantitative estimate of drug-likeness (QED) is 0.797. The second-order valence-corrected chi connectivity index (χ2v) is 7.01. The van der Waals surface area contributed by atoms with Gasteiger partial charge in [0.25, 0.3) is 5.91 Å². The topological polar surface area (TPSA) is 23.6 Å². The van der Waals surface area contributed by atoms with E-state index in [1.165, 1.54) is 0 Å². The molecule has 0 atom stereocenters. The molecular formula is C16H24N2OS. The summed E-state index contributed by atoms with van der Waals surface area (Å²) in [6, 6.07) is 7.98. The van der Waals surface area contributed by atoms with Crippen molar-refractivity contribution in [1.29, 1.82) is 0 Å². The normalized spacial score (nSPS) is 16.7. The summed E-state index contributed by atoms with van der Waals surface area (Å²) in [6.45, 7) is 11.2. The molecule has 0 aliphatic carbocycles. The van der Waals surface area contributed by atoms with Crippen LogP contribution in [0.3, 0.4) is 0 Å². The van der Waals surface area contributed by atoms with Gasteiger partial charge in [0, 0.05) is 36.3 Å². The molecule has 1 fully saturated rings. The lowest BCUT2D eigenvalue weighted by Gasteiger charge is -2.34. The van der Waals surface area contributed by atoms with Crippen LogP contribution in [-0.2, 0) is 0 Å². The van der Waals surface area contributed by atoms with Crippen molar-refractivity contribution < 1.29 is 4.79 Å². The van der Waals surface area contributed by atoms with Crippen LogP contribution in [0, 0.1) is 0 Å². The second-order valence-electron chi connectivity index (χ2n) is 5.39. The molecule has 0 unspecified atom stereocenters. The van der Waals surface area contributed by atoms with Gasteiger partial charge >= 0.3 is 0 Å². The van der Waals surface area contributed by atoms with Crippen LogP contribution < -0.4 is 0 Å². The lowest BCUT2D eigenvalue weighted by molar-refractivity contribution is 0.0640. The lowest BCUT2D eigenvalue weighted by Crippen LogP contribution is -2.48. The summed E-state index contributed by atoms with van der Waals surface area (Å²) in [5, 5.41) is 0.487. The number of hydrogen-bond donors (Lipinski definition) is 0. The number of likely N-dealkylation sites (N-methyl/N-ethyl adjacent to an activating group) is 1. The van der Waals surface area contributed by atoms with E-state index >= 15 is 0 Å². The molecule has 0 spiro atoms. The molecule has 1 amide bonds. The van der Waals surface area contributed by atoms with Gasteiger partial charge in [-0.3, -0.25) is 4.79 Å². The molecule has 0 aromatic heterocycles. The lowest BCUT2D eigenvalue weighted by atomic mass is 10.2. The van der Waals surface area contributed by atoms with Gasteiger partial charge in [-0.2, -0.15) is 0 Å². The molecule has 20 heavy (non-hydrogen) atoms. The maximum Gasteiger partial charge on any atom is 0.255 e. The monoisotopic (exact) mass is 292 g/mol. The van der Waals surface area contributed by atoms with Crippen LogP contribution in [0.5, 0.6) is 0 Å². The van der Waals surface area contributed by atoms with E-state index < -0.39 is 0 Å². The Morgan fingerprint density at radius 3 is 2.45 bits per heavy atom. The molecule has 110 valence electrons. The summed E-state index contributed by atoms with van der Waals surface area (Å²) in [5.74, 6) is 0.185. The summed E-state index contributed by atoms with van der Waals surface area (Å²) < 4.78 is 0. The molecule has 0 radical (unpaired) electrons. The van der Waals surface area contributed by atoms with Crippen molar-refractivity contribution in [3.63, 3.8) is 0 Å². The molecular weight excluding hydrogens is 268 g/mol. The fourth-order valence-electron chi connectivity index (χ4n) is 2.44. The zero-order valence-electron chi connectivity index (χ0n) is 12.6. The van der Waals surface area contributed by atoms with Crippen LogP contribution in [0.15, 0.2) is 29.2 Å². The van der Waals surface area contributed by atoms with Crippen molar-refractivity contribution in [2.75, 3.05) is 32.7 Å². The molecule has 2 rings (SSSR count). The minimum Gasteiger partial charge on any atom is -0.336 e. The van der Waals surface area contributed by atoms with Gasteiger partial charge in [0.15, 0.2) is 0 Å². The van der Waals surface area contributed by atoms with Crippen LogP contribution >= 0.6 is 11.8 Å². The van der Waals surface area contributed by atoms with Gasteiger partial charge < -0.3 is 9.80 Å². The highest BCUT2D eigenvalue weighted by atomic mass is 32.2. The molecule has 1 heterocycles. The van der Waals surface area contributed by atoms with E-state index in [-0.39, 0.29) is 5.91 Å². The zero-order valence-corrected chi connectivity index (χ0v) is 13.4. The Morgan fingerprint density at radius 1 is 1.20 bits per heavy atom. The van der Waals surface area contributed by atoms with Crippen molar-refractivity contribution in [2.24, 2.45) is 0 Å². The average molecular weight is 292 g/mol. The smallest absolute Gasteiger partial charge is 0.255 e. The summed E-state index contributed by atoms with van der Waals surface area (Å²) >= 11 is 1.76. The van der Waals surface area contributed by atoms with E-state index in [0.717, 1.165) is 43.2 Å². The van der Waals surface area contributed by atoms with E-state index in [1.807, 2.05) is 23.1 Å². The predicted molar refractivity (Wildman–Crippen MR) is 85.5 cm³/mol. The molecule has 1 aliphatic rings. The first-order chi connectivity index (χ1) is 9.61. The Balaban J connectivity index is 2.09. The second kappa shape index (κ2) is 7.14. The summed E-state index contributed by atoms with van der Waals surface area (Å²) in [6.07, 6.45) is 0. The number of nitrogens with zero attached hydrogens (tertiary/aromatic N) is 2. The maximum absolute atomic E-state index is 12.7. The summed E-state index contributed by atoms with van der Waals surface area (Å²) in [5.41, 5.74) is 0.858. The Morgan fingerprint density at radius 2 is 1.85 bits per heavy atom. The number of thioether (sulfide) groups is 1. The fourth-order valence-corrected chi connectivity index (χ4v) is 3.38. The molecule has 4 heteroatoms. The van der Waals surface area contributed by atoms with Gasteiger partial charge in [-0.1, -0.05) is 32.9 Å². The van der Waals surface area contributed by atoms with E-state index in [4.69, 9.17) is 0 Å². The minimum absolute atomic E-state index is 0.185. The number of hydrogen-bond acceptors (Lipinski definition) is 3. The SMILES string of the molecule is CCN1CCN(C(=O)c2ccccc2SC(C)C)CC1. The van der Waals surface area contributed by atoms with Crippen molar-refractivity contribution in [1.82, 2.24) is 9.80 Å². The molecule has 0 N–H and O–H groups in total. The van der Waals surface area contributed by atoms with E-state index in [0.29, 0.717) is 5.25 Å². The van der Waals surface area contributed by atoms with Gasteiger partial charge in [0.05, 0.1) is 5.56 Å². The minimum atomic E-state index is 0.185. The van der Waals surface area contributed by atoms with Crippen LogP contribution in [0.25, 0.3) is 0 Å². The molecule has 1 saturated heterocycles. The van der Waals surface area contributed by atoms with Gasteiger partial charge in [-0.25, -0.2) is 0 Å². The third-order valence-corrected chi connectivity index (χ3v) is 4.67. The van der Waals surface area contributed by atoms with E-state index in [2.05, 4.69) is 31.7 Å².